The lowest BCUT2D eigenvalue weighted by Gasteiger charge is -2.31. The maximum absolute atomic E-state index is 5.87. The highest BCUT2D eigenvalue weighted by Crippen LogP contribution is 2.29. The van der Waals surface area contributed by atoms with Crippen LogP contribution in [-0.4, -0.2) is 47.8 Å². The van der Waals surface area contributed by atoms with Gasteiger partial charge in [-0.05, 0) is 48.9 Å². The summed E-state index contributed by atoms with van der Waals surface area (Å²) < 4.78 is 11.4. The van der Waals surface area contributed by atoms with E-state index in [1.54, 1.807) is 0 Å². The Balaban J connectivity index is 0.000000929. The van der Waals surface area contributed by atoms with Gasteiger partial charge in [0.15, 0.2) is 5.82 Å². The van der Waals surface area contributed by atoms with Gasteiger partial charge in [-0.15, -0.1) is 0 Å². The zero-order chi connectivity index (χ0) is 28.9. The summed E-state index contributed by atoms with van der Waals surface area (Å²) in [6.45, 7) is 13.4. The molecule has 0 aliphatic carbocycles. The number of nitrogens with one attached hydrogen (secondary N) is 2. The number of pyridine rings is 1. The fraction of sp³-hybridized carbons (Fsp3) is 0.364. The van der Waals surface area contributed by atoms with Crippen molar-refractivity contribution in [1.29, 1.82) is 0 Å². The zero-order valence-electron chi connectivity index (χ0n) is 24.7. The van der Waals surface area contributed by atoms with Crippen molar-refractivity contribution in [3.05, 3.63) is 89.6 Å². The van der Waals surface area contributed by atoms with Crippen LogP contribution in [0.4, 0.5) is 17.3 Å². The largest absolute Gasteiger partial charge is 0.473 e. The highest BCUT2D eigenvalue weighted by Gasteiger charge is 2.23. The van der Waals surface area contributed by atoms with Crippen LogP contribution in [0.3, 0.4) is 0 Å². The molecule has 2 aromatic heterocycles. The molecule has 2 aromatic carbocycles. The molecule has 2 N–H and O–H groups in total. The van der Waals surface area contributed by atoms with Gasteiger partial charge in [-0.25, -0.2) is 9.97 Å². The van der Waals surface area contributed by atoms with Gasteiger partial charge in [0.05, 0.1) is 18.9 Å². The summed E-state index contributed by atoms with van der Waals surface area (Å²) >= 11 is 0. The van der Waals surface area contributed by atoms with Gasteiger partial charge in [-0.2, -0.15) is 4.98 Å². The van der Waals surface area contributed by atoms with Gasteiger partial charge in [0, 0.05) is 42.5 Å². The van der Waals surface area contributed by atoms with Crippen molar-refractivity contribution >= 4 is 17.3 Å². The van der Waals surface area contributed by atoms with Crippen LogP contribution >= 0.6 is 0 Å². The molecule has 2 aliphatic rings. The molecule has 1 fully saturated rings. The van der Waals surface area contributed by atoms with E-state index in [1.807, 2.05) is 88.4 Å². The van der Waals surface area contributed by atoms with Crippen molar-refractivity contribution in [2.45, 2.75) is 47.3 Å². The number of morpholine rings is 1. The zero-order valence-corrected chi connectivity index (χ0v) is 24.7. The van der Waals surface area contributed by atoms with Crippen LogP contribution in [0.2, 0.25) is 0 Å². The average molecular weight is 555 g/mol. The predicted octanol–water partition coefficient (Wildman–Crippen LogP) is 6.40. The number of hydrogen-bond acceptors (Lipinski definition) is 8. The molecule has 6 rings (SSSR count). The van der Waals surface area contributed by atoms with Gasteiger partial charge in [-0.3, -0.25) is 0 Å². The third-order valence-corrected chi connectivity index (χ3v) is 6.59. The molecule has 216 valence electrons. The highest BCUT2D eigenvalue weighted by molar-refractivity contribution is 5.66. The molecule has 0 unspecified atom stereocenters. The van der Waals surface area contributed by atoms with E-state index in [4.69, 9.17) is 19.4 Å². The van der Waals surface area contributed by atoms with Crippen LogP contribution in [0.1, 0.15) is 44.5 Å². The van der Waals surface area contributed by atoms with E-state index in [2.05, 4.69) is 32.7 Å². The minimum absolute atomic E-state index is 0.481. The molecule has 0 spiro atoms. The summed E-state index contributed by atoms with van der Waals surface area (Å²) in [5.74, 6) is 3.12. The summed E-state index contributed by atoms with van der Waals surface area (Å²) in [4.78, 5) is 16.9. The second-order valence-electron chi connectivity index (χ2n) is 9.16. The monoisotopic (exact) mass is 554 g/mol. The van der Waals surface area contributed by atoms with Crippen LogP contribution in [0.5, 0.6) is 5.88 Å². The van der Waals surface area contributed by atoms with Crippen LogP contribution in [0.25, 0.3) is 11.4 Å². The molecule has 0 saturated carbocycles. The first kappa shape index (κ1) is 30.0. The normalized spacial score (nSPS) is 14.0. The molecule has 0 atom stereocenters. The van der Waals surface area contributed by atoms with Crippen molar-refractivity contribution in [2.24, 2.45) is 0 Å². The average Bonchev–Trinajstić information content (AvgIpc) is 3.06. The van der Waals surface area contributed by atoms with Crippen LogP contribution in [0, 0.1) is 0 Å². The lowest BCUT2D eigenvalue weighted by Crippen LogP contribution is -2.39. The van der Waals surface area contributed by atoms with Crippen molar-refractivity contribution in [3.63, 3.8) is 0 Å². The molecule has 0 radical (unpaired) electrons. The predicted molar refractivity (Wildman–Crippen MR) is 167 cm³/mol. The molecule has 2 aliphatic heterocycles. The Labute approximate surface area is 244 Å². The fourth-order valence-corrected chi connectivity index (χ4v) is 4.65. The Bertz CT molecular complexity index is 1340. The summed E-state index contributed by atoms with van der Waals surface area (Å²) in [7, 11) is 0. The molecule has 4 heterocycles. The summed E-state index contributed by atoms with van der Waals surface area (Å²) in [5, 5.41) is 6.82. The minimum atomic E-state index is 0.481. The fourth-order valence-electron chi connectivity index (χ4n) is 4.65. The molecule has 0 bridgehead atoms. The molecule has 41 heavy (non-hydrogen) atoms. The number of ether oxygens (including phenoxy) is 2. The number of hydrogen-bond donors (Lipinski definition) is 2. The Hall–Kier alpha value is -4.01. The maximum atomic E-state index is 5.87. The van der Waals surface area contributed by atoms with Crippen molar-refractivity contribution in [2.75, 3.05) is 43.1 Å². The second kappa shape index (κ2) is 15.7. The maximum Gasteiger partial charge on any atom is 0.215 e. The summed E-state index contributed by atoms with van der Waals surface area (Å²) in [5.41, 5.74) is 5.39. The molecule has 8 heteroatoms. The smallest absolute Gasteiger partial charge is 0.215 e. The van der Waals surface area contributed by atoms with Crippen LogP contribution in [0.15, 0.2) is 72.8 Å². The number of anilines is 3. The van der Waals surface area contributed by atoms with E-state index >= 15 is 0 Å². The van der Waals surface area contributed by atoms with Gasteiger partial charge in [0.25, 0.3) is 0 Å². The van der Waals surface area contributed by atoms with Crippen LogP contribution < -0.4 is 20.3 Å². The Morgan fingerprint density at radius 2 is 1.61 bits per heavy atom. The standard InChI is InChI=1S/C29H30N6O2.2C2H6/c1-2-5-21(6-3-1)20-37-27-8-4-7-26(33-27)31-23-11-9-22(10-12-23)28-32-25-19-30-14-13-24(25)29(34-28)35-15-17-36-18-16-35;2*1-2/h1-12,30H,13-20H2,(H,31,33);2*1-2H3. The first-order valence-electron chi connectivity index (χ1n) is 14.8. The third-order valence-electron chi connectivity index (χ3n) is 6.59. The molecule has 1 saturated heterocycles. The minimum Gasteiger partial charge on any atom is -0.473 e. The van der Waals surface area contributed by atoms with Gasteiger partial charge in [0.1, 0.15) is 18.2 Å². The quantitative estimate of drug-likeness (QED) is 0.272. The molecule has 4 aromatic rings. The molecular formula is C33H42N6O2. The number of fused-ring (bicyclic) bond motifs is 1. The number of benzene rings is 2. The molecule has 8 nitrogen and oxygen atoms in total. The Kier molecular flexibility index (Phi) is 11.5. The topological polar surface area (TPSA) is 84.4 Å². The third kappa shape index (κ3) is 8.02. The first-order valence-corrected chi connectivity index (χ1v) is 14.8. The summed E-state index contributed by atoms with van der Waals surface area (Å²) in [6.07, 6.45) is 0.951. The molecular weight excluding hydrogens is 512 g/mol. The highest BCUT2D eigenvalue weighted by atomic mass is 16.5. The number of nitrogens with zero attached hydrogens (tertiary/aromatic N) is 4. The van der Waals surface area contributed by atoms with E-state index in [0.717, 1.165) is 85.8 Å². The van der Waals surface area contributed by atoms with E-state index < -0.39 is 0 Å². The van der Waals surface area contributed by atoms with Gasteiger partial charge < -0.3 is 25.0 Å². The van der Waals surface area contributed by atoms with E-state index in [9.17, 15) is 0 Å². The Morgan fingerprint density at radius 3 is 2.37 bits per heavy atom. The SMILES string of the molecule is CC.CC.c1ccc(COc2cccc(Nc3ccc(-c4nc5c(c(N6CCOCC6)n4)CCNC5)cc3)n2)cc1. The first-order chi connectivity index (χ1) is 20.3. The van der Waals surface area contributed by atoms with E-state index in [0.29, 0.717) is 12.5 Å². The van der Waals surface area contributed by atoms with E-state index in [1.165, 1.54) is 5.56 Å². The Morgan fingerprint density at radius 1 is 0.854 bits per heavy atom. The van der Waals surface area contributed by atoms with Gasteiger partial charge in [-0.1, -0.05) is 64.1 Å². The lowest BCUT2D eigenvalue weighted by atomic mass is 10.1. The lowest BCUT2D eigenvalue weighted by molar-refractivity contribution is 0.122. The second-order valence-corrected chi connectivity index (χ2v) is 9.16. The molecule has 0 amide bonds. The van der Waals surface area contributed by atoms with Crippen molar-refractivity contribution < 1.29 is 9.47 Å². The number of rotatable bonds is 7. The van der Waals surface area contributed by atoms with E-state index in [-0.39, 0.29) is 0 Å². The van der Waals surface area contributed by atoms with Crippen LogP contribution in [-0.2, 0) is 24.3 Å². The van der Waals surface area contributed by atoms with Crippen molar-refractivity contribution in [1.82, 2.24) is 20.3 Å². The van der Waals surface area contributed by atoms with Gasteiger partial charge >= 0.3 is 0 Å². The summed E-state index contributed by atoms with van der Waals surface area (Å²) in [6, 6.07) is 24.0. The van der Waals surface area contributed by atoms with Gasteiger partial charge in [0.2, 0.25) is 5.88 Å². The number of aromatic nitrogens is 3. The van der Waals surface area contributed by atoms with Crippen molar-refractivity contribution in [3.8, 4) is 17.3 Å².